The summed E-state index contributed by atoms with van der Waals surface area (Å²) in [6.45, 7) is 0. The number of nitrogens with one attached hydrogen (secondary N) is 1. The van der Waals surface area contributed by atoms with Crippen molar-refractivity contribution >= 4 is 26.8 Å². The summed E-state index contributed by atoms with van der Waals surface area (Å²) < 4.78 is 22.3. The topological polar surface area (TPSA) is 87.2 Å². The third-order valence-electron chi connectivity index (χ3n) is 2.13. The Bertz CT molecular complexity index is 326. The Hall–Kier alpha value is -0.270. The van der Waals surface area contributed by atoms with Crippen LogP contribution in [0.15, 0.2) is 0 Å². The lowest BCUT2D eigenvalue weighted by atomic mass is 10.2. The minimum Gasteiger partial charge on any atom is -0.284 e. The minimum absolute atomic E-state index is 0.0208. The van der Waals surface area contributed by atoms with E-state index in [1.165, 1.54) is 16.8 Å². The molecule has 2 atom stereocenters. The molecule has 68 valence electrons. The second-order valence-electron chi connectivity index (χ2n) is 3.01. The minimum atomic E-state index is -2.90. The first-order valence-corrected chi connectivity index (χ1v) is 6.19. The van der Waals surface area contributed by atoms with Crippen LogP contribution in [-0.4, -0.2) is 41.4 Å². The van der Waals surface area contributed by atoms with Crippen molar-refractivity contribution in [1.29, 1.82) is 5.41 Å². The van der Waals surface area contributed by atoms with Crippen molar-refractivity contribution in [2.24, 2.45) is 5.84 Å². The SMILES string of the molecule is N=C1S[C@H]2CS(=O)(=O)C[C@H]2N1N. The summed E-state index contributed by atoms with van der Waals surface area (Å²) >= 11 is 1.25. The predicted octanol–water partition coefficient (Wildman–Crippen LogP) is -0.991. The number of sulfone groups is 1. The molecule has 2 aliphatic rings. The Morgan fingerprint density at radius 1 is 1.58 bits per heavy atom. The van der Waals surface area contributed by atoms with Gasteiger partial charge >= 0.3 is 0 Å². The Balaban J connectivity index is 2.27. The molecule has 0 aromatic rings. The zero-order valence-electron chi connectivity index (χ0n) is 6.23. The van der Waals surface area contributed by atoms with Gasteiger partial charge in [-0.2, -0.15) is 0 Å². The molecule has 2 heterocycles. The number of hydrazine groups is 1. The molecule has 2 rings (SSSR count). The number of amidine groups is 1. The molecule has 2 aliphatic heterocycles. The molecule has 0 saturated carbocycles. The quantitative estimate of drug-likeness (QED) is 0.498. The highest BCUT2D eigenvalue weighted by atomic mass is 32.2. The summed E-state index contributed by atoms with van der Waals surface area (Å²) in [6.07, 6.45) is 0. The van der Waals surface area contributed by atoms with Crippen LogP contribution >= 0.6 is 11.8 Å². The van der Waals surface area contributed by atoms with E-state index in [1.807, 2.05) is 0 Å². The molecule has 5 nitrogen and oxygen atoms in total. The zero-order chi connectivity index (χ0) is 8.93. The lowest BCUT2D eigenvalue weighted by Crippen LogP contribution is -2.42. The van der Waals surface area contributed by atoms with E-state index in [1.54, 1.807) is 0 Å². The largest absolute Gasteiger partial charge is 0.284 e. The molecule has 0 aromatic carbocycles. The predicted molar refractivity (Wildman–Crippen MR) is 47.6 cm³/mol. The Morgan fingerprint density at radius 3 is 2.83 bits per heavy atom. The van der Waals surface area contributed by atoms with Crippen molar-refractivity contribution < 1.29 is 8.42 Å². The van der Waals surface area contributed by atoms with E-state index in [4.69, 9.17) is 11.3 Å². The van der Waals surface area contributed by atoms with Crippen LogP contribution in [0, 0.1) is 5.41 Å². The van der Waals surface area contributed by atoms with Gasteiger partial charge in [0.15, 0.2) is 15.0 Å². The van der Waals surface area contributed by atoms with E-state index in [0.717, 1.165) is 0 Å². The van der Waals surface area contributed by atoms with E-state index in [2.05, 4.69) is 0 Å². The Labute approximate surface area is 74.7 Å². The fraction of sp³-hybridized carbons (Fsp3) is 0.800. The van der Waals surface area contributed by atoms with Gasteiger partial charge in [-0.25, -0.2) is 14.3 Å². The molecule has 0 spiro atoms. The molecule has 2 saturated heterocycles. The van der Waals surface area contributed by atoms with Crippen LogP contribution in [0.1, 0.15) is 0 Å². The third-order valence-corrected chi connectivity index (χ3v) is 5.27. The fourth-order valence-corrected chi connectivity index (χ4v) is 5.24. The standard InChI is InChI=1S/C5H9N3O2S2/c6-5-8(7)3-1-12(9,10)2-4(3)11-5/h3-4,6H,1-2,7H2/t3-,4+/m1/s1. The first-order chi connectivity index (χ1) is 5.49. The summed E-state index contributed by atoms with van der Waals surface area (Å²) in [6, 6.07) is -0.174. The first-order valence-electron chi connectivity index (χ1n) is 3.49. The van der Waals surface area contributed by atoms with Crippen LogP contribution in [0.25, 0.3) is 0 Å². The molecule has 0 aromatic heterocycles. The molecule has 0 unspecified atom stereocenters. The third kappa shape index (κ3) is 1.12. The van der Waals surface area contributed by atoms with Gasteiger partial charge in [0.1, 0.15) is 0 Å². The maximum Gasteiger partial charge on any atom is 0.171 e. The highest BCUT2D eigenvalue weighted by Gasteiger charge is 2.47. The number of thioether (sulfide) groups is 1. The molecule has 3 N–H and O–H groups in total. The molecular weight excluding hydrogens is 198 g/mol. The molecule has 0 bridgehead atoms. The summed E-state index contributed by atoms with van der Waals surface area (Å²) in [5.74, 6) is 5.77. The van der Waals surface area contributed by atoms with Gasteiger partial charge < -0.3 is 0 Å². The maximum absolute atomic E-state index is 11.1. The van der Waals surface area contributed by atoms with Crippen molar-refractivity contribution in [2.75, 3.05) is 11.5 Å². The molecule has 0 aliphatic carbocycles. The van der Waals surface area contributed by atoms with Crippen LogP contribution in [0.2, 0.25) is 0 Å². The monoisotopic (exact) mass is 207 g/mol. The smallest absolute Gasteiger partial charge is 0.171 e. The Kier molecular flexibility index (Phi) is 1.64. The molecule has 12 heavy (non-hydrogen) atoms. The van der Waals surface area contributed by atoms with Gasteiger partial charge in [-0.15, -0.1) is 0 Å². The van der Waals surface area contributed by atoms with Crippen LogP contribution in [0.3, 0.4) is 0 Å². The maximum atomic E-state index is 11.1. The van der Waals surface area contributed by atoms with Crippen molar-refractivity contribution in [3.05, 3.63) is 0 Å². The lowest BCUT2D eigenvalue weighted by molar-refractivity contribution is 0.370. The number of hydrogen-bond donors (Lipinski definition) is 2. The zero-order valence-corrected chi connectivity index (χ0v) is 7.86. The number of nitrogens with two attached hydrogens (primary N) is 1. The van der Waals surface area contributed by atoms with Gasteiger partial charge in [0, 0.05) is 5.25 Å². The van der Waals surface area contributed by atoms with Gasteiger partial charge in [0.2, 0.25) is 0 Å². The van der Waals surface area contributed by atoms with Crippen LogP contribution in [0.5, 0.6) is 0 Å². The summed E-state index contributed by atoms with van der Waals surface area (Å²) in [5.41, 5.74) is 0. The van der Waals surface area contributed by atoms with Crippen molar-refractivity contribution in [1.82, 2.24) is 5.01 Å². The van der Waals surface area contributed by atoms with Crippen molar-refractivity contribution in [3.8, 4) is 0 Å². The van der Waals surface area contributed by atoms with Crippen LogP contribution < -0.4 is 5.84 Å². The van der Waals surface area contributed by atoms with Crippen LogP contribution in [0.4, 0.5) is 0 Å². The van der Waals surface area contributed by atoms with Gasteiger partial charge in [0.25, 0.3) is 0 Å². The number of rotatable bonds is 0. The lowest BCUT2D eigenvalue weighted by Gasteiger charge is -2.15. The highest BCUT2D eigenvalue weighted by molar-refractivity contribution is 8.15. The van der Waals surface area contributed by atoms with E-state index >= 15 is 0 Å². The fourth-order valence-electron chi connectivity index (χ4n) is 1.52. The van der Waals surface area contributed by atoms with Crippen molar-refractivity contribution in [2.45, 2.75) is 11.3 Å². The first kappa shape index (κ1) is 8.33. The average molecular weight is 207 g/mol. The van der Waals surface area contributed by atoms with E-state index in [-0.39, 0.29) is 28.0 Å². The summed E-state index contributed by atoms with van der Waals surface area (Å²) in [4.78, 5) is 0. The second kappa shape index (κ2) is 2.36. The normalized spacial score (nSPS) is 38.8. The van der Waals surface area contributed by atoms with Gasteiger partial charge in [0.05, 0.1) is 17.5 Å². The van der Waals surface area contributed by atoms with Gasteiger partial charge in [-0.1, -0.05) is 11.8 Å². The number of nitrogens with zero attached hydrogens (tertiary/aromatic N) is 1. The van der Waals surface area contributed by atoms with E-state index in [9.17, 15) is 8.42 Å². The molecule has 0 amide bonds. The number of hydrogen-bond acceptors (Lipinski definition) is 5. The highest BCUT2D eigenvalue weighted by Crippen LogP contribution is 2.35. The summed E-state index contributed by atoms with van der Waals surface area (Å²) in [5, 5.41) is 8.87. The molecule has 7 heteroatoms. The molecular formula is C5H9N3O2S2. The summed E-state index contributed by atoms with van der Waals surface area (Å²) in [7, 11) is -2.90. The Morgan fingerprint density at radius 2 is 2.25 bits per heavy atom. The molecule has 0 radical (unpaired) electrons. The number of fused-ring (bicyclic) bond motifs is 1. The average Bonchev–Trinajstić information content (AvgIpc) is 2.33. The van der Waals surface area contributed by atoms with Gasteiger partial charge in [-0.3, -0.25) is 10.4 Å². The van der Waals surface area contributed by atoms with E-state index in [0.29, 0.717) is 0 Å². The van der Waals surface area contributed by atoms with Crippen molar-refractivity contribution in [3.63, 3.8) is 0 Å². The van der Waals surface area contributed by atoms with Gasteiger partial charge in [-0.05, 0) is 0 Å². The van der Waals surface area contributed by atoms with Crippen LogP contribution in [-0.2, 0) is 9.84 Å². The van der Waals surface area contributed by atoms with E-state index < -0.39 is 9.84 Å². The second-order valence-corrected chi connectivity index (χ2v) is 6.39. The molecule has 2 fully saturated rings.